The molecule has 0 unspecified atom stereocenters. The second-order valence-electron chi connectivity index (χ2n) is 8.28. The molecular weight excluding hydrogens is 492 g/mol. The Balaban J connectivity index is 1.41. The number of H-pyrrole nitrogens is 1. The Morgan fingerprint density at radius 2 is 1.92 bits per heavy atom. The largest absolute Gasteiger partial charge is 0.384 e. The Bertz CT molecular complexity index is 1680. The third kappa shape index (κ3) is 3.62. The maximum Gasteiger partial charge on any atom is 0.252 e. The van der Waals surface area contributed by atoms with Crippen LogP contribution in [0, 0.1) is 11.9 Å². The molecule has 1 atom stereocenters. The first-order valence-corrected chi connectivity index (χ1v) is 11.2. The van der Waals surface area contributed by atoms with Gasteiger partial charge in [0.2, 0.25) is 11.9 Å². The number of aromatic amines is 1. The van der Waals surface area contributed by atoms with Gasteiger partial charge in [-0.2, -0.15) is 13.5 Å². The normalized spacial score (nSPS) is 14.8. The van der Waals surface area contributed by atoms with Crippen molar-refractivity contribution >= 4 is 17.4 Å². The molecule has 0 saturated carbocycles. The highest BCUT2D eigenvalue weighted by molar-refractivity contribution is 6.31. The summed E-state index contributed by atoms with van der Waals surface area (Å²) < 4.78 is 32.1. The molecule has 0 radical (unpaired) electrons. The molecule has 6 rings (SSSR count). The van der Waals surface area contributed by atoms with Gasteiger partial charge in [-0.3, -0.25) is 4.79 Å². The van der Waals surface area contributed by atoms with Gasteiger partial charge in [0, 0.05) is 22.3 Å². The van der Waals surface area contributed by atoms with Crippen molar-refractivity contribution in [3.05, 3.63) is 87.6 Å². The Labute approximate surface area is 206 Å². The molecule has 10 nitrogen and oxygen atoms in total. The van der Waals surface area contributed by atoms with E-state index in [2.05, 4.69) is 30.5 Å². The summed E-state index contributed by atoms with van der Waals surface area (Å²) in [6.45, 7) is 0. The summed E-state index contributed by atoms with van der Waals surface area (Å²) in [4.78, 5) is 23.6. The standard InChI is InChI=1S/C23H16ClF2N9O/c24-12-1-4-16(34-10-28-32-33-34)15(9-12)11-7-13-2-5-17(35(13)19(36)8-11)23-30-20(22(26)31-23)14-3-6-18(27)29-21(14)25/h1,3-4,6-10,17H,2,5H2,(H2,27,29)(H,30,31)/t17-/m0/s1. The number of hydrogen-bond donors (Lipinski definition) is 2. The Morgan fingerprint density at radius 1 is 1.06 bits per heavy atom. The molecule has 0 aliphatic carbocycles. The summed E-state index contributed by atoms with van der Waals surface area (Å²) in [7, 11) is 0. The van der Waals surface area contributed by atoms with Gasteiger partial charge < -0.3 is 15.3 Å². The lowest BCUT2D eigenvalue weighted by Crippen LogP contribution is -2.24. The second kappa shape index (κ2) is 8.34. The second-order valence-corrected chi connectivity index (χ2v) is 8.71. The average molecular weight is 508 g/mol. The molecule has 0 fully saturated rings. The third-order valence-corrected chi connectivity index (χ3v) is 6.37. The Hall–Kier alpha value is -4.45. The van der Waals surface area contributed by atoms with Crippen LogP contribution in [-0.2, 0) is 6.42 Å². The smallest absolute Gasteiger partial charge is 0.252 e. The molecule has 36 heavy (non-hydrogen) atoms. The van der Waals surface area contributed by atoms with Crippen molar-refractivity contribution in [1.82, 2.24) is 39.7 Å². The zero-order valence-corrected chi connectivity index (χ0v) is 19.1. The number of aryl methyl sites for hydroxylation is 1. The molecule has 5 aromatic rings. The van der Waals surface area contributed by atoms with Crippen LogP contribution in [0.5, 0.6) is 0 Å². The number of rotatable bonds is 4. The maximum absolute atomic E-state index is 14.7. The third-order valence-electron chi connectivity index (χ3n) is 6.13. The summed E-state index contributed by atoms with van der Waals surface area (Å²) >= 11 is 6.25. The first-order valence-electron chi connectivity index (χ1n) is 10.9. The molecule has 0 saturated heterocycles. The zero-order valence-electron chi connectivity index (χ0n) is 18.4. The van der Waals surface area contributed by atoms with Crippen LogP contribution in [0.3, 0.4) is 0 Å². The lowest BCUT2D eigenvalue weighted by Gasteiger charge is -2.15. The lowest BCUT2D eigenvalue weighted by molar-refractivity contribution is 0.547. The summed E-state index contributed by atoms with van der Waals surface area (Å²) in [5.41, 5.74) is 7.65. The van der Waals surface area contributed by atoms with Crippen LogP contribution in [0.25, 0.3) is 28.1 Å². The Kier molecular flexibility index (Phi) is 5.11. The van der Waals surface area contributed by atoms with Crippen molar-refractivity contribution in [2.45, 2.75) is 18.9 Å². The van der Waals surface area contributed by atoms with Gasteiger partial charge in [0.15, 0.2) is 0 Å². The number of nitrogen functional groups attached to an aromatic ring is 1. The van der Waals surface area contributed by atoms with Crippen molar-refractivity contribution in [2.24, 2.45) is 0 Å². The number of imidazole rings is 1. The number of pyridine rings is 2. The fraction of sp³-hybridized carbons (Fsp3) is 0.130. The van der Waals surface area contributed by atoms with Crippen LogP contribution in [0.1, 0.15) is 24.0 Å². The number of benzene rings is 1. The highest BCUT2D eigenvalue weighted by Crippen LogP contribution is 2.35. The fourth-order valence-electron chi connectivity index (χ4n) is 4.56. The van der Waals surface area contributed by atoms with E-state index >= 15 is 0 Å². The van der Waals surface area contributed by atoms with Crippen molar-refractivity contribution in [3.8, 4) is 28.1 Å². The number of nitrogens with one attached hydrogen (secondary N) is 1. The van der Waals surface area contributed by atoms with Gasteiger partial charge in [0.25, 0.3) is 5.56 Å². The van der Waals surface area contributed by atoms with Crippen LogP contribution < -0.4 is 11.3 Å². The van der Waals surface area contributed by atoms with Gasteiger partial charge >= 0.3 is 0 Å². The molecule has 180 valence electrons. The molecule has 3 N–H and O–H groups in total. The van der Waals surface area contributed by atoms with E-state index in [9.17, 15) is 13.6 Å². The highest BCUT2D eigenvalue weighted by atomic mass is 35.5. The average Bonchev–Trinajstić information content (AvgIpc) is 3.59. The van der Waals surface area contributed by atoms with Crippen molar-refractivity contribution in [1.29, 1.82) is 0 Å². The van der Waals surface area contributed by atoms with Crippen molar-refractivity contribution in [3.63, 3.8) is 0 Å². The number of nitrogens with zero attached hydrogens (tertiary/aromatic N) is 7. The topological polar surface area (TPSA) is 133 Å². The van der Waals surface area contributed by atoms with E-state index in [1.807, 2.05) is 6.07 Å². The van der Waals surface area contributed by atoms with Gasteiger partial charge in [-0.15, -0.1) is 5.10 Å². The fourth-order valence-corrected chi connectivity index (χ4v) is 4.73. The van der Waals surface area contributed by atoms with Gasteiger partial charge in [-0.25, -0.2) is 9.97 Å². The van der Waals surface area contributed by atoms with E-state index in [1.54, 1.807) is 22.8 Å². The van der Waals surface area contributed by atoms with E-state index in [4.69, 9.17) is 17.3 Å². The number of tetrazole rings is 1. The molecule has 5 heterocycles. The maximum atomic E-state index is 14.7. The number of halogens is 3. The number of aromatic nitrogens is 8. The minimum absolute atomic E-state index is 0.0218. The molecular formula is C23H16ClF2N9O. The van der Waals surface area contributed by atoms with E-state index in [-0.39, 0.29) is 28.5 Å². The number of fused-ring (bicyclic) bond motifs is 1. The molecule has 0 spiro atoms. The van der Waals surface area contributed by atoms with Crippen LogP contribution >= 0.6 is 11.6 Å². The van der Waals surface area contributed by atoms with Gasteiger partial charge in [-0.1, -0.05) is 11.6 Å². The summed E-state index contributed by atoms with van der Waals surface area (Å²) in [5.74, 6) is -1.62. The summed E-state index contributed by atoms with van der Waals surface area (Å²) in [6.07, 6.45) is 2.50. The van der Waals surface area contributed by atoms with Gasteiger partial charge in [0.1, 0.15) is 23.7 Å². The van der Waals surface area contributed by atoms with Crippen LogP contribution in [-0.4, -0.2) is 39.7 Å². The molecule has 4 aromatic heterocycles. The van der Waals surface area contributed by atoms with Crippen molar-refractivity contribution < 1.29 is 8.78 Å². The van der Waals surface area contributed by atoms with Crippen LogP contribution in [0.4, 0.5) is 14.6 Å². The molecule has 1 aliphatic heterocycles. The van der Waals surface area contributed by atoms with Gasteiger partial charge in [0.05, 0.1) is 17.3 Å². The van der Waals surface area contributed by atoms with Gasteiger partial charge in [-0.05, 0) is 65.2 Å². The quantitative estimate of drug-likeness (QED) is 0.356. The number of anilines is 1. The van der Waals surface area contributed by atoms with Crippen LogP contribution in [0.2, 0.25) is 5.02 Å². The predicted octanol–water partition coefficient (Wildman–Crippen LogP) is 3.33. The van der Waals surface area contributed by atoms with E-state index in [1.165, 1.54) is 29.2 Å². The SMILES string of the molecule is Nc1ccc(-c2[nH]c([C@@H]3CCc4cc(-c5cc(Cl)ccc5-n5cnnn5)cc(=O)n43)nc2F)c(F)n1. The first-order chi connectivity index (χ1) is 17.4. The first kappa shape index (κ1) is 22.0. The summed E-state index contributed by atoms with van der Waals surface area (Å²) in [6, 6.07) is 10.7. The van der Waals surface area contributed by atoms with E-state index in [0.717, 1.165) is 5.69 Å². The lowest BCUT2D eigenvalue weighted by atomic mass is 10.0. The zero-order chi connectivity index (χ0) is 25.0. The Morgan fingerprint density at radius 3 is 2.69 bits per heavy atom. The molecule has 1 aromatic carbocycles. The highest BCUT2D eigenvalue weighted by Gasteiger charge is 2.30. The van der Waals surface area contributed by atoms with E-state index in [0.29, 0.717) is 34.7 Å². The molecule has 0 amide bonds. The minimum atomic E-state index is -0.919. The summed E-state index contributed by atoms with van der Waals surface area (Å²) in [5, 5.41) is 11.8. The predicted molar refractivity (Wildman–Crippen MR) is 126 cm³/mol. The number of nitrogens with two attached hydrogens (primary N) is 1. The van der Waals surface area contributed by atoms with Crippen molar-refractivity contribution in [2.75, 3.05) is 5.73 Å². The van der Waals surface area contributed by atoms with Crippen LogP contribution in [0.15, 0.2) is 53.6 Å². The minimum Gasteiger partial charge on any atom is -0.384 e. The molecule has 0 bridgehead atoms. The monoisotopic (exact) mass is 507 g/mol. The van der Waals surface area contributed by atoms with E-state index < -0.39 is 17.9 Å². The number of hydrogen-bond acceptors (Lipinski definition) is 7. The molecule has 1 aliphatic rings. The molecule has 13 heteroatoms.